The molecule has 3 nitrogen and oxygen atoms in total. The highest BCUT2D eigenvalue weighted by Gasteiger charge is 2.15. The quantitative estimate of drug-likeness (QED) is 0.885. The average molecular weight is 233 g/mol. The van der Waals surface area contributed by atoms with E-state index in [1.807, 2.05) is 6.92 Å². The molecule has 0 saturated heterocycles. The molecule has 2 rings (SSSR count). The van der Waals surface area contributed by atoms with Crippen molar-refractivity contribution in [3.63, 3.8) is 0 Å². The fourth-order valence-corrected chi connectivity index (χ4v) is 1.94. The van der Waals surface area contributed by atoms with Crippen LogP contribution in [0.3, 0.4) is 0 Å². The van der Waals surface area contributed by atoms with Crippen molar-refractivity contribution in [1.82, 2.24) is 9.78 Å². The zero-order valence-electron chi connectivity index (χ0n) is 10.0. The van der Waals surface area contributed by atoms with Crippen LogP contribution in [0.1, 0.15) is 30.5 Å². The first-order valence-electron chi connectivity index (χ1n) is 5.68. The Labute approximate surface area is 100 Å². The van der Waals surface area contributed by atoms with Crippen LogP contribution in [-0.2, 0) is 0 Å². The maximum atomic E-state index is 12.9. The molecule has 2 aromatic rings. The van der Waals surface area contributed by atoms with Gasteiger partial charge in [0.2, 0.25) is 0 Å². The summed E-state index contributed by atoms with van der Waals surface area (Å²) in [6.45, 7) is 3.99. The van der Waals surface area contributed by atoms with Gasteiger partial charge in [-0.2, -0.15) is 5.10 Å². The standard InChI is InChI=1S/C13H16FN3/c1-3-12(10-4-6-11(14)7-5-10)17-13(15)9(2)8-16-17/h4-8,12H,3,15H2,1-2H3. The highest BCUT2D eigenvalue weighted by molar-refractivity contribution is 5.39. The van der Waals surface area contributed by atoms with E-state index in [0.717, 1.165) is 17.5 Å². The smallest absolute Gasteiger partial charge is 0.125 e. The predicted octanol–water partition coefficient (Wildman–Crippen LogP) is 2.91. The van der Waals surface area contributed by atoms with Gasteiger partial charge in [0.1, 0.15) is 11.6 Å². The van der Waals surface area contributed by atoms with E-state index < -0.39 is 0 Å². The molecule has 2 N–H and O–H groups in total. The number of halogens is 1. The van der Waals surface area contributed by atoms with Crippen LogP contribution in [0.4, 0.5) is 10.2 Å². The molecular weight excluding hydrogens is 217 g/mol. The van der Waals surface area contributed by atoms with Crippen LogP contribution in [0.25, 0.3) is 0 Å². The van der Waals surface area contributed by atoms with Gasteiger partial charge in [-0.15, -0.1) is 0 Å². The van der Waals surface area contributed by atoms with Crippen LogP contribution in [0, 0.1) is 12.7 Å². The van der Waals surface area contributed by atoms with Gasteiger partial charge in [0.05, 0.1) is 12.2 Å². The number of anilines is 1. The Morgan fingerprint density at radius 2 is 2.00 bits per heavy atom. The summed E-state index contributed by atoms with van der Waals surface area (Å²) in [6, 6.07) is 6.54. The summed E-state index contributed by atoms with van der Waals surface area (Å²) in [5, 5.41) is 4.28. The zero-order chi connectivity index (χ0) is 12.4. The number of aryl methyl sites for hydroxylation is 1. The fraction of sp³-hybridized carbons (Fsp3) is 0.308. The molecule has 1 aromatic carbocycles. The van der Waals surface area contributed by atoms with Crippen molar-refractivity contribution in [2.45, 2.75) is 26.3 Å². The lowest BCUT2D eigenvalue weighted by molar-refractivity contribution is 0.514. The zero-order valence-corrected chi connectivity index (χ0v) is 10.0. The number of nitrogens with zero attached hydrogens (tertiary/aromatic N) is 2. The molecule has 0 aliphatic heterocycles. The van der Waals surface area contributed by atoms with Gasteiger partial charge in [-0.05, 0) is 31.0 Å². The minimum Gasteiger partial charge on any atom is -0.384 e. The molecule has 0 aliphatic carbocycles. The van der Waals surface area contributed by atoms with Gasteiger partial charge in [-0.1, -0.05) is 19.1 Å². The molecule has 17 heavy (non-hydrogen) atoms. The average Bonchev–Trinajstić information content (AvgIpc) is 2.65. The van der Waals surface area contributed by atoms with E-state index in [4.69, 9.17) is 5.73 Å². The van der Waals surface area contributed by atoms with Gasteiger partial charge >= 0.3 is 0 Å². The third kappa shape index (κ3) is 2.16. The molecule has 0 radical (unpaired) electrons. The number of aromatic nitrogens is 2. The number of hydrogen-bond donors (Lipinski definition) is 1. The first-order chi connectivity index (χ1) is 8.13. The van der Waals surface area contributed by atoms with Crippen molar-refractivity contribution in [3.05, 3.63) is 47.4 Å². The number of rotatable bonds is 3. The van der Waals surface area contributed by atoms with E-state index in [9.17, 15) is 4.39 Å². The third-order valence-corrected chi connectivity index (χ3v) is 2.96. The van der Waals surface area contributed by atoms with Crippen molar-refractivity contribution < 1.29 is 4.39 Å². The van der Waals surface area contributed by atoms with E-state index in [1.54, 1.807) is 23.0 Å². The van der Waals surface area contributed by atoms with E-state index in [1.165, 1.54) is 12.1 Å². The molecular formula is C13H16FN3. The molecule has 1 heterocycles. The van der Waals surface area contributed by atoms with Crippen LogP contribution >= 0.6 is 0 Å². The molecule has 1 unspecified atom stereocenters. The van der Waals surface area contributed by atoms with Crippen molar-refractivity contribution in [3.8, 4) is 0 Å². The highest BCUT2D eigenvalue weighted by atomic mass is 19.1. The monoisotopic (exact) mass is 233 g/mol. The molecule has 0 aliphatic rings. The first-order valence-corrected chi connectivity index (χ1v) is 5.68. The van der Waals surface area contributed by atoms with Gasteiger partial charge in [-0.3, -0.25) is 0 Å². The number of benzene rings is 1. The van der Waals surface area contributed by atoms with E-state index >= 15 is 0 Å². The number of hydrogen-bond acceptors (Lipinski definition) is 2. The van der Waals surface area contributed by atoms with Crippen molar-refractivity contribution in [2.75, 3.05) is 5.73 Å². The van der Waals surface area contributed by atoms with Gasteiger partial charge in [0, 0.05) is 5.56 Å². The van der Waals surface area contributed by atoms with Crippen LogP contribution in [0.2, 0.25) is 0 Å². The predicted molar refractivity (Wildman–Crippen MR) is 66.2 cm³/mol. The lowest BCUT2D eigenvalue weighted by Gasteiger charge is -2.17. The molecule has 1 atom stereocenters. The molecule has 90 valence electrons. The Morgan fingerprint density at radius 1 is 1.35 bits per heavy atom. The summed E-state index contributed by atoms with van der Waals surface area (Å²) in [6.07, 6.45) is 2.61. The summed E-state index contributed by atoms with van der Waals surface area (Å²) in [4.78, 5) is 0. The fourth-order valence-electron chi connectivity index (χ4n) is 1.94. The minimum absolute atomic E-state index is 0.0595. The maximum absolute atomic E-state index is 12.9. The molecule has 0 saturated carbocycles. The topological polar surface area (TPSA) is 43.8 Å². The molecule has 1 aromatic heterocycles. The highest BCUT2D eigenvalue weighted by Crippen LogP contribution is 2.25. The third-order valence-electron chi connectivity index (χ3n) is 2.96. The molecule has 4 heteroatoms. The minimum atomic E-state index is -0.228. The largest absolute Gasteiger partial charge is 0.384 e. The SMILES string of the molecule is CCC(c1ccc(F)cc1)n1ncc(C)c1N. The van der Waals surface area contributed by atoms with Crippen molar-refractivity contribution in [2.24, 2.45) is 0 Å². The summed E-state index contributed by atoms with van der Waals surface area (Å²) in [7, 11) is 0. The second kappa shape index (κ2) is 4.57. The second-order valence-electron chi connectivity index (χ2n) is 4.13. The summed E-state index contributed by atoms with van der Waals surface area (Å²) >= 11 is 0. The lowest BCUT2D eigenvalue weighted by atomic mass is 10.0. The van der Waals surface area contributed by atoms with E-state index in [0.29, 0.717) is 5.82 Å². The Hall–Kier alpha value is -1.84. The Morgan fingerprint density at radius 3 is 2.47 bits per heavy atom. The van der Waals surface area contributed by atoms with E-state index in [2.05, 4.69) is 12.0 Å². The summed E-state index contributed by atoms with van der Waals surface area (Å²) in [5.41, 5.74) is 7.95. The second-order valence-corrected chi connectivity index (χ2v) is 4.13. The molecule has 0 spiro atoms. The first kappa shape index (κ1) is 11.6. The lowest BCUT2D eigenvalue weighted by Crippen LogP contribution is -2.14. The van der Waals surface area contributed by atoms with Crippen LogP contribution in [0.5, 0.6) is 0 Å². The molecule has 0 amide bonds. The number of nitrogens with two attached hydrogens (primary N) is 1. The van der Waals surface area contributed by atoms with Gasteiger partial charge in [-0.25, -0.2) is 9.07 Å². The van der Waals surface area contributed by atoms with Gasteiger partial charge < -0.3 is 5.73 Å². The molecule has 0 fully saturated rings. The van der Waals surface area contributed by atoms with E-state index in [-0.39, 0.29) is 11.9 Å². The normalized spacial score (nSPS) is 12.6. The summed E-state index contributed by atoms with van der Waals surface area (Å²) < 4.78 is 14.7. The van der Waals surface area contributed by atoms with Crippen LogP contribution in [-0.4, -0.2) is 9.78 Å². The van der Waals surface area contributed by atoms with Crippen molar-refractivity contribution in [1.29, 1.82) is 0 Å². The summed E-state index contributed by atoms with van der Waals surface area (Å²) in [5.74, 6) is 0.439. The van der Waals surface area contributed by atoms with Crippen LogP contribution < -0.4 is 5.73 Å². The van der Waals surface area contributed by atoms with Crippen LogP contribution in [0.15, 0.2) is 30.5 Å². The Bertz CT molecular complexity index is 502. The Balaban J connectivity index is 2.40. The van der Waals surface area contributed by atoms with Gasteiger partial charge in [0.25, 0.3) is 0 Å². The van der Waals surface area contributed by atoms with Gasteiger partial charge in [0.15, 0.2) is 0 Å². The Kier molecular flexibility index (Phi) is 3.13. The van der Waals surface area contributed by atoms with Crippen molar-refractivity contribution >= 4 is 5.82 Å². The molecule has 0 bridgehead atoms. The maximum Gasteiger partial charge on any atom is 0.125 e. The number of nitrogen functional groups attached to an aromatic ring is 1.